The third kappa shape index (κ3) is 7.37. The van der Waals surface area contributed by atoms with E-state index in [0.717, 1.165) is 12.8 Å². The Morgan fingerprint density at radius 1 is 1.03 bits per heavy atom. The van der Waals surface area contributed by atoms with Gasteiger partial charge in [-0.3, -0.25) is 14.6 Å². The lowest BCUT2D eigenvalue weighted by Gasteiger charge is -2.13. The predicted molar refractivity (Wildman–Crippen MR) is 116 cm³/mol. The maximum atomic E-state index is 12.0. The van der Waals surface area contributed by atoms with E-state index in [4.69, 9.17) is 9.26 Å². The van der Waals surface area contributed by atoms with Crippen molar-refractivity contribution in [2.75, 3.05) is 13.1 Å². The Kier molecular flexibility index (Phi) is 8.68. The molecule has 0 saturated carbocycles. The van der Waals surface area contributed by atoms with Crippen LogP contribution >= 0.6 is 8.17 Å². The van der Waals surface area contributed by atoms with E-state index in [2.05, 4.69) is 20.1 Å². The molecule has 1 saturated heterocycles. The van der Waals surface area contributed by atoms with Gasteiger partial charge in [0.05, 0.1) is 4.92 Å². The third-order valence-corrected chi connectivity index (χ3v) is 5.18. The van der Waals surface area contributed by atoms with Crippen molar-refractivity contribution in [1.29, 1.82) is 0 Å². The monoisotopic (exact) mass is 492 g/mol. The molecule has 180 valence electrons. The summed E-state index contributed by atoms with van der Waals surface area (Å²) in [6, 6.07) is 10.6. The predicted octanol–water partition coefficient (Wildman–Crippen LogP) is 3.21. The highest BCUT2D eigenvalue weighted by molar-refractivity contribution is 7.33. The standard InChI is InChI=1S/C20H21N4O9P/c1-14(19(25)31-32-20(26)23-12-2-3-13-23)21-22-34(29)33-18-10-8-17(9-11-18)30-16-6-4-15(5-7-16)24(27)28/h4-11,14,21H,2-3,12-13H2,1H3/t14-/m0/s1. The summed E-state index contributed by atoms with van der Waals surface area (Å²) in [5, 5.41) is 10.7. The van der Waals surface area contributed by atoms with Gasteiger partial charge in [-0.1, -0.05) is 0 Å². The molecule has 14 heteroatoms. The maximum absolute atomic E-state index is 12.0. The Morgan fingerprint density at radius 3 is 2.18 bits per heavy atom. The quantitative estimate of drug-likeness (QED) is 0.250. The van der Waals surface area contributed by atoms with Crippen LogP contribution in [-0.4, -0.2) is 41.0 Å². The topological polar surface area (TPSA) is 165 Å². The van der Waals surface area contributed by atoms with E-state index in [-0.39, 0.29) is 11.4 Å². The lowest BCUT2D eigenvalue weighted by molar-refractivity contribution is -0.384. The number of likely N-dealkylation sites (tertiary alicyclic amines) is 1. The summed E-state index contributed by atoms with van der Waals surface area (Å²) < 4.78 is 10.7. The van der Waals surface area contributed by atoms with Crippen LogP contribution in [0.4, 0.5) is 10.5 Å². The summed E-state index contributed by atoms with van der Waals surface area (Å²) in [5.41, 5.74) is 2.26. The first-order valence-electron chi connectivity index (χ1n) is 10.1. The number of hydrogen-bond donors (Lipinski definition) is 1. The highest BCUT2D eigenvalue weighted by Gasteiger charge is 2.24. The Morgan fingerprint density at radius 2 is 1.59 bits per heavy atom. The van der Waals surface area contributed by atoms with Gasteiger partial charge in [-0.25, -0.2) is 19.4 Å². The molecule has 0 bridgehead atoms. The molecule has 1 N–H and O–H groups in total. The fraction of sp³-hybridized carbons (Fsp3) is 0.300. The van der Waals surface area contributed by atoms with Crippen molar-refractivity contribution in [3.63, 3.8) is 0 Å². The van der Waals surface area contributed by atoms with Gasteiger partial charge >= 0.3 is 20.2 Å². The van der Waals surface area contributed by atoms with Crippen LogP contribution in [0.25, 0.3) is 0 Å². The lowest BCUT2D eigenvalue weighted by atomic mass is 10.3. The van der Waals surface area contributed by atoms with Crippen molar-refractivity contribution >= 4 is 25.9 Å². The normalized spacial score (nSPS) is 14.3. The number of carbonyl (C=O) groups excluding carboxylic acids is 2. The Labute approximate surface area is 194 Å². The average Bonchev–Trinajstić information content (AvgIpc) is 3.37. The first-order valence-corrected chi connectivity index (χ1v) is 11.3. The van der Waals surface area contributed by atoms with Gasteiger partial charge in [0.15, 0.2) is 5.75 Å². The fourth-order valence-corrected chi connectivity index (χ4v) is 3.35. The molecule has 13 nitrogen and oxygen atoms in total. The number of nitro groups is 1. The number of carbonyl (C=O) groups is 2. The Hall–Kier alpha value is -3.80. The summed E-state index contributed by atoms with van der Waals surface area (Å²) in [7, 11) is -2.58. The number of non-ortho nitro benzene ring substituents is 1. The molecular formula is C20H21N4O9P. The average molecular weight is 492 g/mol. The molecule has 1 aliphatic heterocycles. The fourth-order valence-electron chi connectivity index (χ4n) is 2.74. The van der Waals surface area contributed by atoms with Crippen LogP contribution in [0.1, 0.15) is 19.8 Å². The van der Waals surface area contributed by atoms with E-state index < -0.39 is 31.2 Å². The van der Waals surface area contributed by atoms with Gasteiger partial charge < -0.3 is 14.5 Å². The summed E-state index contributed by atoms with van der Waals surface area (Å²) in [5.74, 6) is 0.118. The van der Waals surface area contributed by atoms with Crippen molar-refractivity contribution < 1.29 is 38.4 Å². The van der Waals surface area contributed by atoms with Crippen molar-refractivity contribution in [2.45, 2.75) is 25.8 Å². The van der Waals surface area contributed by atoms with Crippen LogP contribution < -0.4 is 19.6 Å². The van der Waals surface area contributed by atoms with Gasteiger partial charge in [-0.2, -0.15) is 5.43 Å². The van der Waals surface area contributed by atoms with Crippen LogP contribution in [0.15, 0.2) is 53.4 Å². The summed E-state index contributed by atoms with van der Waals surface area (Å²) in [4.78, 5) is 59.7. The van der Waals surface area contributed by atoms with E-state index >= 15 is 0 Å². The lowest BCUT2D eigenvalue weighted by Crippen LogP contribution is -2.35. The Balaban J connectivity index is 1.43. The first kappa shape index (κ1) is 24.8. The smallest absolute Gasteiger partial charge is 0.453 e. The van der Waals surface area contributed by atoms with Gasteiger partial charge in [-0.05, 0) is 56.2 Å². The highest BCUT2D eigenvalue weighted by atomic mass is 31.1. The van der Waals surface area contributed by atoms with Gasteiger partial charge in [0, 0.05) is 30.1 Å². The number of ether oxygens (including phenoxy) is 1. The highest BCUT2D eigenvalue weighted by Crippen LogP contribution is 2.28. The number of nitrogens with zero attached hydrogens (tertiary/aromatic N) is 3. The first-order chi connectivity index (χ1) is 16.3. The van der Waals surface area contributed by atoms with Crippen LogP contribution in [0, 0.1) is 10.1 Å². The second-order valence-electron chi connectivity index (χ2n) is 7.05. The van der Waals surface area contributed by atoms with Crippen LogP contribution in [0.3, 0.4) is 0 Å². The number of benzene rings is 2. The molecule has 0 aliphatic carbocycles. The summed E-state index contributed by atoms with van der Waals surface area (Å²) >= 11 is 0. The molecule has 34 heavy (non-hydrogen) atoms. The van der Waals surface area contributed by atoms with Crippen molar-refractivity contribution in [2.24, 2.45) is 4.85 Å². The zero-order valence-electron chi connectivity index (χ0n) is 18.0. The SMILES string of the molecule is C[C@H](N/N=[P+](\[O-])Oc1ccc(Oc2ccc([N+](=O)[O-])cc2)cc1)C(=O)OOC(=O)N1CCCC1. The number of hydrogen-bond acceptors (Lipinski definition) is 10. The molecule has 1 fully saturated rings. The van der Waals surface area contributed by atoms with Gasteiger partial charge in [0.25, 0.3) is 5.69 Å². The molecular weight excluding hydrogens is 471 g/mol. The van der Waals surface area contributed by atoms with E-state index in [1.54, 1.807) is 12.1 Å². The molecule has 0 spiro atoms. The molecule has 2 atom stereocenters. The van der Waals surface area contributed by atoms with Crippen LogP contribution in [0.5, 0.6) is 17.2 Å². The van der Waals surface area contributed by atoms with E-state index in [1.807, 2.05) is 0 Å². The van der Waals surface area contributed by atoms with Crippen molar-refractivity contribution in [3.05, 3.63) is 58.6 Å². The number of rotatable bonds is 8. The molecule has 2 aromatic carbocycles. The minimum atomic E-state index is -2.58. The van der Waals surface area contributed by atoms with Gasteiger partial charge in [-0.15, -0.1) is 0 Å². The van der Waals surface area contributed by atoms with Crippen LogP contribution in [0.2, 0.25) is 0 Å². The molecule has 3 rings (SSSR count). The zero-order valence-corrected chi connectivity index (χ0v) is 18.9. The molecule has 0 radical (unpaired) electrons. The van der Waals surface area contributed by atoms with Crippen molar-refractivity contribution in [1.82, 2.24) is 10.3 Å². The van der Waals surface area contributed by atoms with Crippen molar-refractivity contribution in [3.8, 4) is 17.2 Å². The summed E-state index contributed by atoms with van der Waals surface area (Å²) in [6.45, 7) is 2.46. The van der Waals surface area contributed by atoms with E-state index in [1.165, 1.54) is 48.2 Å². The molecule has 1 amide bonds. The zero-order chi connectivity index (χ0) is 24.5. The van der Waals surface area contributed by atoms with Gasteiger partial charge in [0.2, 0.25) is 0 Å². The second kappa shape index (κ2) is 11.9. The number of nitro benzene ring substituents is 1. The minimum absolute atomic E-state index is 0.0528. The molecule has 1 aliphatic rings. The maximum Gasteiger partial charge on any atom is 0.453 e. The van der Waals surface area contributed by atoms with E-state index in [9.17, 15) is 24.6 Å². The largest absolute Gasteiger partial charge is 0.574 e. The molecule has 1 heterocycles. The van der Waals surface area contributed by atoms with Crippen LogP contribution in [-0.2, 0) is 14.6 Å². The van der Waals surface area contributed by atoms with E-state index in [0.29, 0.717) is 24.6 Å². The third-order valence-electron chi connectivity index (χ3n) is 4.54. The van der Waals surface area contributed by atoms with Gasteiger partial charge in [0.1, 0.15) is 17.5 Å². The molecule has 1 unspecified atom stereocenters. The second-order valence-corrected chi connectivity index (χ2v) is 7.91. The Bertz CT molecular complexity index is 1040. The number of nitrogens with one attached hydrogen (secondary N) is 1. The summed E-state index contributed by atoms with van der Waals surface area (Å²) in [6.07, 6.45) is 0.982. The minimum Gasteiger partial charge on any atom is -0.574 e. The molecule has 2 aromatic rings. The molecule has 0 aromatic heterocycles. The number of amides is 1.